The maximum atomic E-state index is 13.4. The van der Waals surface area contributed by atoms with Gasteiger partial charge in [0.1, 0.15) is 11.3 Å². The Bertz CT molecular complexity index is 1010. The molecule has 2 aliphatic rings. The average Bonchev–Trinajstić information content (AvgIpc) is 3.46. The van der Waals surface area contributed by atoms with Crippen LogP contribution in [0.1, 0.15) is 37.3 Å². The molecule has 6 heteroatoms. The van der Waals surface area contributed by atoms with E-state index >= 15 is 0 Å². The zero-order valence-corrected chi connectivity index (χ0v) is 17.3. The SMILES string of the molecule is COc1cccc(C2CCCN2C(=O)C2CCN(c3nc4ccccc4o3)CC2)c1. The molecular formula is C24H27N3O3. The van der Waals surface area contributed by atoms with Gasteiger partial charge < -0.3 is 19.0 Å². The van der Waals surface area contributed by atoms with Gasteiger partial charge in [0.15, 0.2) is 5.58 Å². The summed E-state index contributed by atoms with van der Waals surface area (Å²) >= 11 is 0. The summed E-state index contributed by atoms with van der Waals surface area (Å²) in [5.74, 6) is 1.20. The van der Waals surface area contributed by atoms with E-state index in [1.54, 1.807) is 7.11 Å². The number of fused-ring (bicyclic) bond motifs is 1. The van der Waals surface area contributed by atoms with Crippen molar-refractivity contribution in [2.75, 3.05) is 31.6 Å². The quantitative estimate of drug-likeness (QED) is 0.643. The van der Waals surface area contributed by atoms with Crippen molar-refractivity contribution < 1.29 is 13.9 Å². The number of nitrogens with zero attached hydrogens (tertiary/aromatic N) is 3. The molecule has 1 atom stereocenters. The highest BCUT2D eigenvalue weighted by atomic mass is 16.5. The third-order valence-corrected chi connectivity index (χ3v) is 6.41. The highest BCUT2D eigenvalue weighted by Gasteiger charge is 2.36. The minimum Gasteiger partial charge on any atom is -0.497 e. The molecular weight excluding hydrogens is 378 g/mol. The maximum absolute atomic E-state index is 13.4. The van der Waals surface area contributed by atoms with Crippen LogP contribution in [0, 0.1) is 5.92 Å². The van der Waals surface area contributed by atoms with Gasteiger partial charge in [0, 0.05) is 25.6 Å². The third kappa shape index (κ3) is 3.51. The molecule has 3 aromatic rings. The number of oxazole rings is 1. The van der Waals surface area contributed by atoms with Crippen LogP contribution >= 0.6 is 0 Å². The van der Waals surface area contributed by atoms with Crippen LogP contribution in [-0.4, -0.2) is 42.5 Å². The zero-order valence-electron chi connectivity index (χ0n) is 17.3. The summed E-state index contributed by atoms with van der Waals surface area (Å²) in [5, 5.41) is 0. The number of aromatic nitrogens is 1. The molecule has 0 bridgehead atoms. The molecule has 30 heavy (non-hydrogen) atoms. The topological polar surface area (TPSA) is 58.8 Å². The number of benzene rings is 2. The summed E-state index contributed by atoms with van der Waals surface area (Å²) in [5.41, 5.74) is 2.86. The van der Waals surface area contributed by atoms with Crippen LogP contribution < -0.4 is 9.64 Å². The molecule has 2 saturated heterocycles. The van der Waals surface area contributed by atoms with Gasteiger partial charge in [-0.15, -0.1) is 0 Å². The molecule has 156 valence electrons. The number of likely N-dealkylation sites (tertiary alicyclic amines) is 1. The molecule has 2 fully saturated rings. The Hall–Kier alpha value is -3.02. The number of carbonyl (C=O) groups is 1. The van der Waals surface area contributed by atoms with Crippen molar-refractivity contribution in [2.24, 2.45) is 5.92 Å². The van der Waals surface area contributed by atoms with Crippen molar-refractivity contribution in [2.45, 2.75) is 31.7 Å². The first kappa shape index (κ1) is 19.0. The number of rotatable bonds is 4. The van der Waals surface area contributed by atoms with Crippen LogP contribution in [0.25, 0.3) is 11.1 Å². The second-order valence-corrected chi connectivity index (χ2v) is 8.19. The van der Waals surface area contributed by atoms with Crippen molar-refractivity contribution >= 4 is 23.0 Å². The number of carbonyl (C=O) groups excluding carboxylic acids is 1. The van der Waals surface area contributed by atoms with Crippen LogP contribution in [-0.2, 0) is 4.79 Å². The molecule has 2 aromatic carbocycles. The molecule has 3 heterocycles. The molecule has 5 rings (SSSR count). The molecule has 0 spiro atoms. The predicted octanol–water partition coefficient (Wildman–Crippen LogP) is 4.42. The lowest BCUT2D eigenvalue weighted by atomic mass is 9.94. The first-order chi connectivity index (χ1) is 14.7. The number of anilines is 1. The number of methoxy groups -OCH3 is 1. The van der Waals surface area contributed by atoms with Gasteiger partial charge in [-0.3, -0.25) is 4.79 Å². The van der Waals surface area contributed by atoms with Crippen molar-refractivity contribution in [1.82, 2.24) is 9.88 Å². The molecule has 0 saturated carbocycles. The van der Waals surface area contributed by atoms with Gasteiger partial charge in [0.2, 0.25) is 5.91 Å². The second kappa shape index (κ2) is 8.01. The van der Waals surface area contributed by atoms with E-state index in [4.69, 9.17) is 9.15 Å². The minimum absolute atomic E-state index is 0.0665. The minimum atomic E-state index is 0.0665. The first-order valence-corrected chi connectivity index (χ1v) is 10.8. The van der Waals surface area contributed by atoms with Gasteiger partial charge in [0.25, 0.3) is 6.01 Å². The number of hydrogen-bond acceptors (Lipinski definition) is 5. The fourth-order valence-electron chi connectivity index (χ4n) is 4.77. The molecule has 1 unspecified atom stereocenters. The van der Waals surface area contributed by atoms with Crippen LogP contribution in [0.5, 0.6) is 5.75 Å². The second-order valence-electron chi connectivity index (χ2n) is 8.19. The molecule has 1 amide bonds. The Balaban J connectivity index is 1.25. The number of hydrogen-bond donors (Lipinski definition) is 0. The summed E-state index contributed by atoms with van der Waals surface area (Å²) in [6.07, 6.45) is 3.73. The fraction of sp³-hybridized carbons (Fsp3) is 0.417. The van der Waals surface area contributed by atoms with Crippen LogP contribution in [0.2, 0.25) is 0 Å². The van der Waals surface area contributed by atoms with Crippen LogP contribution in [0.15, 0.2) is 52.9 Å². The Kier molecular flexibility index (Phi) is 5.07. The zero-order chi connectivity index (χ0) is 20.5. The summed E-state index contributed by atoms with van der Waals surface area (Å²) in [7, 11) is 1.68. The fourth-order valence-corrected chi connectivity index (χ4v) is 4.77. The number of ether oxygens (including phenoxy) is 1. The lowest BCUT2D eigenvalue weighted by Crippen LogP contribution is -2.42. The normalized spacial score (nSPS) is 20.1. The van der Waals surface area contributed by atoms with E-state index in [-0.39, 0.29) is 17.9 Å². The van der Waals surface area contributed by atoms with Gasteiger partial charge in [0.05, 0.1) is 13.2 Å². The number of para-hydroxylation sites is 2. The molecule has 6 nitrogen and oxygen atoms in total. The van der Waals surface area contributed by atoms with Gasteiger partial charge in [-0.2, -0.15) is 4.98 Å². The van der Waals surface area contributed by atoms with Crippen molar-refractivity contribution in [3.8, 4) is 5.75 Å². The molecule has 0 aliphatic carbocycles. The van der Waals surface area contributed by atoms with Crippen LogP contribution in [0.3, 0.4) is 0 Å². The van der Waals surface area contributed by atoms with E-state index in [9.17, 15) is 4.79 Å². The average molecular weight is 405 g/mol. The molecule has 1 aromatic heterocycles. The first-order valence-electron chi connectivity index (χ1n) is 10.8. The van der Waals surface area contributed by atoms with E-state index in [1.165, 1.54) is 5.56 Å². The maximum Gasteiger partial charge on any atom is 0.298 e. The lowest BCUT2D eigenvalue weighted by Gasteiger charge is -2.34. The molecule has 2 aliphatic heterocycles. The largest absolute Gasteiger partial charge is 0.497 e. The number of piperidine rings is 1. The monoisotopic (exact) mass is 405 g/mol. The van der Waals surface area contributed by atoms with E-state index < -0.39 is 0 Å². The third-order valence-electron chi connectivity index (χ3n) is 6.41. The Labute approximate surface area is 176 Å². The Morgan fingerprint density at radius 2 is 1.90 bits per heavy atom. The van der Waals surface area contributed by atoms with Gasteiger partial charge in [-0.25, -0.2) is 0 Å². The lowest BCUT2D eigenvalue weighted by molar-refractivity contribution is -0.137. The van der Waals surface area contributed by atoms with Gasteiger partial charge >= 0.3 is 0 Å². The summed E-state index contributed by atoms with van der Waals surface area (Å²) in [6.45, 7) is 2.42. The molecule has 0 N–H and O–H groups in total. The van der Waals surface area contributed by atoms with E-state index in [2.05, 4.69) is 26.9 Å². The predicted molar refractivity (Wildman–Crippen MR) is 116 cm³/mol. The molecule has 0 radical (unpaired) electrons. The highest BCUT2D eigenvalue weighted by molar-refractivity contribution is 5.80. The summed E-state index contributed by atoms with van der Waals surface area (Å²) < 4.78 is 11.3. The summed E-state index contributed by atoms with van der Waals surface area (Å²) in [4.78, 5) is 22.2. The smallest absolute Gasteiger partial charge is 0.298 e. The number of amides is 1. The Morgan fingerprint density at radius 1 is 1.07 bits per heavy atom. The van der Waals surface area contributed by atoms with E-state index in [0.29, 0.717) is 6.01 Å². The standard InChI is InChI=1S/C24H27N3O3/c1-29-19-7-4-6-18(16-19)21-9-5-13-27(21)23(28)17-11-14-26(15-12-17)24-25-20-8-2-3-10-22(20)30-24/h2-4,6-8,10,16-17,21H,5,9,11-15H2,1H3. The van der Waals surface area contributed by atoms with Gasteiger partial charge in [-0.1, -0.05) is 24.3 Å². The van der Waals surface area contributed by atoms with E-state index in [0.717, 1.165) is 62.2 Å². The highest BCUT2D eigenvalue weighted by Crippen LogP contribution is 2.36. The van der Waals surface area contributed by atoms with E-state index in [1.807, 2.05) is 36.4 Å². The van der Waals surface area contributed by atoms with Crippen LogP contribution in [0.4, 0.5) is 6.01 Å². The van der Waals surface area contributed by atoms with Crippen molar-refractivity contribution in [3.63, 3.8) is 0 Å². The Morgan fingerprint density at radius 3 is 2.70 bits per heavy atom. The summed E-state index contributed by atoms with van der Waals surface area (Å²) in [6, 6.07) is 16.8. The van der Waals surface area contributed by atoms with Crippen molar-refractivity contribution in [3.05, 3.63) is 54.1 Å². The van der Waals surface area contributed by atoms with Gasteiger partial charge in [-0.05, 0) is 55.5 Å². The van der Waals surface area contributed by atoms with Crippen molar-refractivity contribution in [1.29, 1.82) is 0 Å².